The van der Waals surface area contributed by atoms with Gasteiger partial charge in [-0.3, -0.25) is 0 Å². The van der Waals surface area contributed by atoms with Crippen LogP contribution in [0.3, 0.4) is 0 Å². The monoisotopic (exact) mass is 262 g/mol. The number of rotatable bonds is 3. The normalized spacial score (nSPS) is 16.7. The molecule has 0 saturated heterocycles. The molecule has 1 aliphatic carbocycles. The number of methoxy groups -OCH3 is 1. The predicted molar refractivity (Wildman–Crippen MR) is 77.3 cm³/mol. The summed E-state index contributed by atoms with van der Waals surface area (Å²) < 4.78 is 4.74. The maximum atomic E-state index is 11.6. The quantitative estimate of drug-likeness (QED) is 0.499. The Kier molecular flexibility index (Phi) is 4.66. The van der Waals surface area contributed by atoms with Crippen molar-refractivity contribution in [2.75, 3.05) is 18.2 Å². The molecule has 0 bridgehead atoms. The highest BCUT2D eigenvalue weighted by molar-refractivity contribution is 5.96. The lowest BCUT2D eigenvalue weighted by Crippen LogP contribution is -2.18. The Labute approximate surface area is 114 Å². The Morgan fingerprint density at radius 1 is 1.26 bits per heavy atom. The molecule has 4 heteroatoms. The van der Waals surface area contributed by atoms with Crippen LogP contribution < -0.4 is 11.1 Å². The van der Waals surface area contributed by atoms with Crippen LogP contribution in [0.25, 0.3) is 0 Å². The highest BCUT2D eigenvalue weighted by Gasteiger charge is 2.14. The van der Waals surface area contributed by atoms with Gasteiger partial charge in [-0.25, -0.2) is 4.79 Å². The average molecular weight is 262 g/mol. The van der Waals surface area contributed by atoms with Crippen LogP contribution in [-0.4, -0.2) is 19.1 Å². The van der Waals surface area contributed by atoms with Gasteiger partial charge in [-0.1, -0.05) is 25.7 Å². The first kappa shape index (κ1) is 13.7. The Bertz CT molecular complexity index is 438. The molecule has 0 aliphatic heterocycles. The van der Waals surface area contributed by atoms with Crippen molar-refractivity contribution in [3.05, 3.63) is 23.8 Å². The first-order valence-corrected chi connectivity index (χ1v) is 6.95. The second kappa shape index (κ2) is 6.45. The Morgan fingerprint density at radius 3 is 2.58 bits per heavy atom. The highest BCUT2D eigenvalue weighted by atomic mass is 16.5. The molecule has 1 saturated carbocycles. The van der Waals surface area contributed by atoms with Crippen LogP contribution in [0.4, 0.5) is 11.4 Å². The summed E-state index contributed by atoms with van der Waals surface area (Å²) >= 11 is 0. The first-order valence-electron chi connectivity index (χ1n) is 6.95. The number of anilines is 2. The second-order valence-corrected chi connectivity index (χ2v) is 5.13. The molecule has 2 rings (SSSR count). The summed E-state index contributed by atoms with van der Waals surface area (Å²) in [6.07, 6.45) is 7.59. The van der Waals surface area contributed by atoms with Crippen LogP contribution in [-0.2, 0) is 4.74 Å². The van der Waals surface area contributed by atoms with Gasteiger partial charge >= 0.3 is 5.97 Å². The Morgan fingerprint density at radius 2 is 1.95 bits per heavy atom. The smallest absolute Gasteiger partial charge is 0.340 e. The summed E-state index contributed by atoms with van der Waals surface area (Å²) in [6, 6.07) is 5.96. The molecule has 3 N–H and O–H groups in total. The van der Waals surface area contributed by atoms with Crippen LogP contribution in [0, 0.1) is 0 Å². The van der Waals surface area contributed by atoms with E-state index in [1.165, 1.54) is 45.6 Å². The SMILES string of the molecule is COC(=O)c1cc(NC2CCCCCC2)ccc1N. The zero-order valence-electron chi connectivity index (χ0n) is 11.4. The van der Waals surface area contributed by atoms with Gasteiger partial charge in [0, 0.05) is 17.4 Å². The second-order valence-electron chi connectivity index (χ2n) is 5.13. The van der Waals surface area contributed by atoms with Crippen molar-refractivity contribution in [1.82, 2.24) is 0 Å². The topological polar surface area (TPSA) is 64.3 Å². The number of nitrogens with one attached hydrogen (secondary N) is 1. The van der Waals surface area contributed by atoms with Gasteiger partial charge in [0.25, 0.3) is 0 Å². The van der Waals surface area contributed by atoms with Crippen LogP contribution in [0.5, 0.6) is 0 Å². The van der Waals surface area contributed by atoms with Crippen molar-refractivity contribution in [2.24, 2.45) is 0 Å². The fourth-order valence-corrected chi connectivity index (χ4v) is 2.59. The zero-order chi connectivity index (χ0) is 13.7. The summed E-state index contributed by atoms with van der Waals surface area (Å²) in [5.74, 6) is -0.387. The van der Waals surface area contributed by atoms with Crippen molar-refractivity contribution in [3.63, 3.8) is 0 Å². The van der Waals surface area contributed by atoms with Crippen molar-refractivity contribution < 1.29 is 9.53 Å². The maximum absolute atomic E-state index is 11.6. The fourth-order valence-electron chi connectivity index (χ4n) is 2.59. The van der Waals surface area contributed by atoms with Crippen molar-refractivity contribution in [3.8, 4) is 0 Å². The molecule has 19 heavy (non-hydrogen) atoms. The minimum absolute atomic E-state index is 0.387. The standard InChI is InChI=1S/C15H22N2O2/c1-19-15(18)13-10-12(8-9-14(13)16)17-11-6-4-2-3-5-7-11/h8-11,17H,2-7,16H2,1H3. The summed E-state index contributed by atoms with van der Waals surface area (Å²) in [7, 11) is 1.37. The summed E-state index contributed by atoms with van der Waals surface area (Å²) in [5, 5.41) is 3.50. The number of carbonyl (C=O) groups is 1. The lowest BCUT2D eigenvalue weighted by atomic mass is 10.1. The van der Waals surface area contributed by atoms with Gasteiger partial charge in [-0.15, -0.1) is 0 Å². The molecule has 0 radical (unpaired) electrons. The third kappa shape index (κ3) is 3.63. The largest absolute Gasteiger partial charge is 0.465 e. The van der Waals surface area contributed by atoms with Gasteiger partial charge in [0.15, 0.2) is 0 Å². The first-order chi connectivity index (χ1) is 9.20. The number of carbonyl (C=O) groups excluding carboxylic acids is 1. The lowest BCUT2D eigenvalue weighted by Gasteiger charge is -2.18. The minimum Gasteiger partial charge on any atom is -0.465 e. The van der Waals surface area contributed by atoms with Crippen LogP contribution in [0.15, 0.2) is 18.2 Å². The van der Waals surface area contributed by atoms with Crippen LogP contribution in [0.1, 0.15) is 48.9 Å². The molecular weight excluding hydrogens is 240 g/mol. The van der Waals surface area contributed by atoms with E-state index >= 15 is 0 Å². The van der Waals surface area contributed by atoms with E-state index < -0.39 is 0 Å². The highest BCUT2D eigenvalue weighted by Crippen LogP contribution is 2.24. The Balaban J connectivity index is 2.09. The molecule has 1 aromatic rings. The molecule has 104 valence electrons. The van der Waals surface area contributed by atoms with E-state index in [2.05, 4.69) is 5.32 Å². The van der Waals surface area contributed by atoms with Crippen molar-refractivity contribution >= 4 is 17.3 Å². The van der Waals surface area contributed by atoms with E-state index in [0.717, 1.165) is 5.69 Å². The van der Waals surface area contributed by atoms with E-state index in [4.69, 9.17) is 10.5 Å². The van der Waals surface area contributed by atoms with E-state index in [9.17, 15) is 4.79 Å². The van der Waals surface area contributed by atoms with E-state index in [0.29, 0.717) is 17.3 Å². The number of benzene rings is 1. The number of ether oxygens (including phenoxy) is 1. The summed E-state index contributed by atoms with van der Waals surface area (Å²) in [4.78, 5) is 11.6. The average Bonchev–Trinajstić information content (AvgIpc) is 2.68. The number of hydrogen-bond acceptors (Lipinski definition) is 4. The molecule has 1 aromatic carbocycles. The van der Waals surface area contributed by atoms with Gasteiger partial charge in [-0.05, 0) is 31.0 Å². The lowest BCUT2D eigenvalue weighted by molar-refractivity contribution is 0.0602. The molecular formula is C15H22N2O2. The molecule has 0 heterocycles. The third-order valence-corrected chi connectivity index (χ3v) is 3.68. The number of esters is 1. The van der Waals surface area contributed by atoms with E-state index in [1.807, 2.05) is 6.07 Å². The van der Waals surface area contributed by atoms with Gasteiger partial charge in [-0.2, -0.15) is 0 Å². The summed E-state index contributed by atoms with van der Waals surface area (Å²) in [6.45, 7) is 0. The molecule has 0 spiro atoms. The molecule has 1 aliphatic rings. The van der Waals surface area contributed by atoms with Gasteiger partial charge in [0.2, 0.25) is 0 Å². The minimum atomic E-state index is -0.387. The molecule has 4 nitrogen and oxygen atoms in total. The van der Waals surface area contributed by atoms with E-state index in [-0.39, 0.29) is 5.97 Å². The van der Waals surface area contributed by atoms with Crippen molar-refractivity contribution in [2.45, 2.75) is 44.6 Å². The molecule has 0 unspecified atom stereocenters. The van der Waals surface area contributed by atoms with Crippen molar-refractivity contribution in [1.29, 1.82) is 0 Å². The van der Waals surface area contributed by atoms with Gasteiger partial charge < -0.3 is 15.8 Å². The zero-order valence-corrected chi connectivity index (χ0v) is 11.4. The molecule has 0 aromatic heterocycles. The number of hydrogen-bond donors (Lipinski definition) is 2. The van der Waals surface area contributed by atoms with Crippen LogP contribution >= 0.6 is 0 Å². The summed E-state index contributed by atoms with van der Waals surface area (Å²) in [5.41, 5.74) is 7.63. The fraction of sp³-hybridized carbons (Fsp3) is 0.533. The third-order valence-electron chi connectivity index (χ3n) is 3.68. The van der Waals surface area contributed by atoms with Gasteiger partial charge in [0.1, 0.15) is 0 Å². The molecule has 1 fully saturated rings. The predicted octanol–water partition coefficient (Wildman–Crippen LogP) is 3.19. The maximum Gasteiger partial charge on any atom is 0.340 e. The van der Waals surface area contributed by atoms with E-state index in [1.54, 1.807) is 12.1 Å². The number of nitrogen functional groups attached to an aromatic ring is 1. The number of nitrogens with two attached hydrogens (primary N) is 1. The molecule has 0 atom stereocenters. The van der Waals surface area contributed by atoms with Crippen LogP contribution in [0.2, 0.25) is 0 Å². The Hall–Kier alpha value is -1.71. The van der Waals surface area contributed by atoms with Gasteiger partial charge in [0.05, 0.1) is 12.7 Å². The molecule has 0 amide bonds.